The maximum Gasteiger partial charge on any atom is -0.00187 e. The molecule has 29 heavy (non-hydrogen) atoms. The molecule has 0 radical (unpaired) electrons. The topological polar surface area (TPSA) is 6.48 Å². The Morgan fingerprint density at radius 1 is 0.276 bits per heavy atom. The van der Waals surface area contributed by atoms with Gasteiger partial charge in [0.05, 0.1) is 0 Å². The summed E-state index contributed by atoms with van der Waals surface area (Å²) in [5.41, 5.74) is 0. The van der Waals surface area contributed by atoms with E-state index in [4.69, 9.17) is 0 Å². The lowest BCUT2D eigenvalue weighted by atomic mass is 10.2. The fourth-order valence-corrected chi connectivity index (χ4v) is 3.57. The summed E-state index contributed by atoms with van der Waals surface area (Å²) in [6.07, 6.45) is 20.5. The van der Waals surface area contributed by atoms with Crippen LogP contribution in [0.4, 0.5) is 0 Å². The average molecular weight is 413 g/mol. The van der Waals surface area contributed by atoms with Crippen LogP contribution in [0.1, 0.15) is 138 Å². The van der Waals surface area contributed by atoms with Crippen LogP contribution >= 0.6 is 0 Å². The SMILES string of the molecule is CCCCCN(CCCCC)CCCCC.CCCCN(CCCC)CCCC. The Labute approximate surface area is 187 Å². The Kier molecular flexibility index (Phi) is 29.9. The summed E-state index contributed by atoms with van der Waals surface area (Å²) in [6.45, 7) is 21.6. The molecule has 0 atom stereocenters. The number of hydrogen-bond acceptors (Lipinski definition) is 2. The fourth-order valence-electron chi connectivity index (χ4n) is 3.57. The van der Waals surface area contributed by atoms with Crippen molar-refractivity contribution < 1.29 is 0 Å². The van der Waals surface area contributed by atoms with Crippen LogP contribution in [-0.4, -0.2) is 49.1 Å². The van der Waals surface area contributed by atoms with Gasteiger partial charge in [-0.05, 0) is 77.8 Å². The molecule has 0 saturated heterocycles. The van der Waals surface area contributed by atoms with E-state index >= 15 is 0 Å². The summed E-state index contributed by atoms with van der Waals surface area (Å²) in [4.78, 5) is 5.33. The molecule has 2 heteroatoms. The highest BCUT2D eigenvalue weighted by molar-refractivity contribution is 4.59. The lowest BCUT2D eigenvalue weighted by Crippen LogP contribution is -2.27. The van der Waals surface area contributed by atoms with Gasteiger partial charge in [-0.1, -0.05) is 99.3 Å². The lowest BCUT2D eigenvalue weighted by molar-refractivity contribution is 0.256. The van der Waals surface area contributed by atoms with Crippen LogP contribution < -0.4 is 0 Å². The molecule has 0 unspecified atom stereocenters. The predicted octanol–water partition coefficient (Wildman–Crippen LogP) is 8.55. The van der Waals surface area contributed by atoms with Crippen molar-refractivity contribution in [2.75, 3.05) is 39.3 Å². The van der Waals surface area contributed by atoms with Gasteiger partial charge in [0, 0.05) is 0 Å². The summed E-state index contributed by atoms with van der Waals surface area (Å²) in [5.74, 6) is 0. The number of rotatable bonds is 21. The molecule has 0 rings (SSSR count). The van der Waals surface area contributed by atoms with Gasteiger partial charge in [0.25, 0.3) is 0 Å². The molecular formula is C27H60N2. The van der Waals surface area contributed by atoms with Crippen molar-refractivity contribution in [1.29, 1.82) is 0 Å². The highest BCUT2D eigenvalue weighted by Gasteiger charge is 2.03. The smallest absolute Gasteiger partial charge is 0.00187 e. The Morgan fingerprint density at radius 3 is 0.690 bits per heavy atom. The maximum atomic E-state index is 2.70. The van der Waals surface area contributed by atoms with E-state index in [1.165, 1.54) is 136 Å². The van der Waals surface area contributed by atoms with E-state index in [1.54, 1.807) is 0 Å². The lowest BCUT2D eigenvalue weighted by Gasteiger charge is -2.22. The fraction of sp³-hybridized carbons (Fsp3) is 1.00. The van der Waals surface area contributed by atoms with Gasteiger partial charge >= 0.3 is 0 Å². The van der Waals surface area contributed by atoms with Crippen molar-refractivity contribution in [3.8, 4) is 0 Å². The standard InChI is InChI=1S/C15H33N.C12H27N/c1-4-7-10-13-16(14-11-8-5-2)15-12-9-6-3;1-4-7-10-13(11-8-5-2)12-9-6-3/h4-15H2,1-3H3;4-12H2,1-3H3. The van der Waals surface area contributed by atoms with Crippen LogP contribution in [0.2, 0.25) is 0 Å². The summed E-state index contributed by atoms with van der Waals surface area (Å²) in [7, 11) is 0. The first-order valence-electron chi connectivity index (χ1n) is 13.6. The number of unbranched alkanes of at least 4 members (excludes halogenated alkanes) is 9. The van der Waals surface area contributed by atoms with Gasteiger partial charge in [-0.15, -0.1) is 0 Å². The third kappa shape index (κ3) is 25.9. The zero-order valence-corrected chi connectivity index (χ0v) is 21.7. The second-order valence-electron chi connectivity index (χ2n) is 8.87. The van der Waals surface area contributed by atoms with Gasteiger partial charge in [0.15, 0.2) is 0 Å². The summed E-state index contributed by atoms with van der Waals surface area (Å²) < 4.78 is 0. The molecular weight excluding hydrogens is 352 g/mol. The highest BCUT2D eigenvalue weighted by Crippen LogP contribution is 2.05. The van der Waals surface area contributed by atoms with E-state index in [1.807, 2.05) is 0 Å². The van der Waals surface area contributed by atoms with Gasteiger partial charge < -0.3 is 9.80 Å². The van der Waals surface area contributed by atoms with E-state index in [0.717, 1.165) is 0 Å². The van der Waals surface area contributed by atoms with E-state index < -0.39 is 0 Å². The molecule has 178 valence electrons. The summed E-state index contributed by atoms with van der Waals surface area (Å²) in [5, 5.41) is 0. The van der Waals surface area contributed by atoms with Crippen molar-refractivity contribution in [1.82, 2.24) is 9.80 Å². The van der Waals surface area contributed by atoms with E-state index in [-0.39, 0.29) is 0 Å². The first-order valence-corrected chi connectivity index (χ1v) is 13.6. The molecule has 0 spiro atoms. The molecule has 0 heterocycles. The monoisotopic (exact) mass is 412 g/mol. The van der Waals surface area contributed by atoms with Crippen LogP contribution in [-0.2, 0) is 0 Å². The quantitative estimate of drug-likeness (QED) is 0.174. The van der Waals surface area contributed by atoms with E-state index in [0.29, 0.717) is 0 Å². The highest BCUT2D eigenvalue weighted by atomic mass is 15.1. The molecule has 0 aromatic carbocycles. The minimum atomic E-state index is 1.32. The third-order valence-corrected chi connectivity index (χ3v) is 5.72. The number of nitrogens with zero attached hydrogens (tertiary/aromatic N) is 2. The largest absolute Gasteiger partial charge is 0.303 e. The normalized spacial score (nSPS) is 11.2. The second-order valence-corrected chi connectivity index (χ2v) is 8.87. The number of hydrogen-bond donors (Lipinski definition) is 0. The van der Waals surface area contributed by atoms with Crippen molar-refractivity contribution in [2.45, 2.75) is 138 Å². The van der Waals surface area contributed by atoms with Gasteiger partial charge in [-0.25, -0.2) is 0 Å². The second kappa shape index (κ2) is 27.9. The molecule has 0 N–H and O–H groups in total. The zero-order valence-electron chi connectivity index (χ0n) is 21.7. The van der Waals surface area contributed by atoms with Gasteiger partial charge in [-0.3, -0.25) is 0 Å². The molecule has 0 fully saturated rings. The molecule has 2 nitrogen and oxygen atoms in total. The van der Waals surface area contributed by atoms with Gasteiger partial charge in [-0.2, -0.15) is 0 Å². The van der Waals surface area contributed by atoms with Crippen LogP contribution in [0.15, 0.2) is 0 Å². The first kappa shape index (κ1) is 31.1. The van der Waals surface area contributed by atoms with Crippen molar-refractivity contribution in [3.05, 3.63) is 0 Å². The Bertz CT molecular complexity index is 224. The van der Waals surface area contributed by atoms with Crippen LogP contribution in [0.5, 0.6) is 0 Å². The van der Waals surface area contributed by atoms with Crippen LogP contribution in [0.25, 0.3) is 0 Å². The summed E-state index contributed by atoms with van der Waals surface area (Å²) in [6, 6.07) is 0. The Balaban J connectivity index is 0. The molecule has 0 aliphatic rings. The predicted molar refractivity (Wildman–Crippen MR) is 136 cm³/mol. The average Bonchev–Trinajstić information content (AvgIpc) is 2.74. The van der Waals surface area contributed by atoms with Crippen molar-refractivity contribution in [3.63, 3.8) is 0 Å². The maximum absolute atomic E-state index is 2.70. The van der Waals surface area contributed by atoms with Crippen molar-refractivity contribution in [2.24, 2.45) is 0 Å². The minimum Gasteiger partial charge on any atom is -0.303 e. The van der Waals surface area contributed by atoms with Crippen molar-refractivity contribution >= 4 is 0 Å². The van der Waals surface area contributed by atoms with E-state index in [9.17, 15) is 0 Å². The summed E-state index contributed by atoms with van der Waals surface area (Å²) >= 11 is 0. The first-order chi connectivity index (χ1) is 14.2. The molecule has 0 amide bonds. The minimum absolute atomic E-state index is 1.32. The molecule has 0 aromatic heterocycles. The van der Waals surface area contributed by atoms with Crippen LogP contribution in [0.3, 0.4) is 0 Å². The molecule has 0 aliphatic heterocycles. The third-order valence-electron chi connectivity index (χ3n) is 5.72. The molecule has 0 bridgehead atoms. The van der Waals surface area contributed by atoms with Gasteiger partial charge in [0.2, 0.25) is 0 Å². The zero-order chi connectivity index (χ0) is 22.0. The molecule has 0 saturated carbocycles. The molecule has 0 aliphatic carbocycles. The van der Waals surface area contributed by atoms with E-state index in [2.05, 4.69) is 51.3 Å². The van der Waals surface area contributed by atoms with Gasteiger partial charge in [0.1, 0.15) is 0 Å². The Hall–Kier alpha value is -0.0800. The molecule has 0 aromatic rings. The van der Waals surface area contributed by atoms with Crippen LogP contribution in [0, 0.1) is 0 Å². The Morgan fingerprint density at radius 2 is 0.483 bits per heavy atom.